The molecule has 0 spiro atoms. The van der Waals surface area contributed by atoms with E-state index >= 15 is 0 Å². The number of benzene rings is 3. The van der Waals surface area contributed by atoms with Crippen LogP contribution < -0.4 is 5.32 Å². The number of H-pyrrole nitrogens is 1. The molecule has 0 aliphatic heterocycles. The predicted octanol–water partition coefficient (Wildman–Crippen LogP) is 4.89. The number of methoxy groups -OCH3 is 1. The summed E-state index contributed by atoms with van der Waals surface area (Å²) < 4.78 is 4.69. The summed E-state index contributed by atoms with van der Waals surface area (Å²) in [5, 5.41) is 3.69. The lowest BCUT2D eigenvalue weighted by Gasteiger charge is -2.10. The summed E-state index contributed by atoms with van der Waals surface area (Å²) in [6, 6.07) is 21.9. The normalized spacial score (nSPS) is 10.7. The lowest BCUT2D eigenvalue weighted by Crippen LogP contribution is -2.14. The molecule has 0 aliphatic carbocycles. The second-order valence-electron chi connectivity index (χ2n) is 6.53. The summed E-state index contributed by atoms with van der Waals surface area (Å²) in [5.74, 6) is -0.0208. The number of carbonyl (C=O) groups excluding carboxylic acids is 2. The molecule has 6 nitrogen and oxygen atoms in total. The summed E-state index contributed by atoms with van der Waals surface area (Å²) in [4.78, 5) is 32.2. The van der Waals surface area contributed by atoms with Crippen molar-refractivity contribution >= 4 is 40.4 Å². The number of nitrogens with zero attached hydrogens (tertiary/aromatic N) is 1. The van der Waals surface area contributed by atoms with Gasteiger partial charge in [-0.2, -0.15) is 0 Å². The summed E-state index contributed by atoms with van der Waals surface area (Å²) >= 11 is 1.55. The maximum Gasteiger partial charge on any atom is 0.337 e. The summed E-state index contributed by atoms with van der Waals surface area (Å²) in [5.41, 5.74) is 4.44. The van der Waals surface area contributed by atoms with Gasteiger partial charge in [-0.25, -0.2) is 9.78 Å². The molecule has 7 heteroatoms. The van der Waals surface area contributed by atoms with Crippen LogP contribution in [-0.4, -0.2) is 29.0 Å². The van der Waals surface area contributed by atoms with Gasteiger partial charge in [-0.1, -0.05) is 42.1 Å². The van der Waals surface area contributed by atoms with Crippen molar-refractivity contribution < 1.29 is 14.3 Å². The fraction of sp³-hybridized carbons (Fsp3) is 0.0870. The molecule has 4 aromatic rings. The van der Waals surface area contributed by atoms with Gasteiger partial charge in [0.2, 0.25) is 0 Å². The first kappa shape index (κ1) is 19.7. The van der Waals surface area contributed by atoms with Crippen molar-refractivity contribution in [3.05, 3.63) is 89.5 Å². The van der Waals surface area contributed by atoms with Crippen LogP contribution in [0.4, 0.5) is 5.69 Å². The maximum atomic E-state index is 12.8. The number of aromatic amines is 1. The molecule has 0 bridgehead atoms. The van der Waals surface area contributed by atoms with E-state index in [-0.39, 0.29) is 5.91 Å². The molecule has 0 fully saturated rings. The molecule has 4 rings (SSSR count). The topological polar surface area (TPSA) is 84.1 Å². The Morgan fingerprint density at radius 3 is 2.50 bits per heavy atom. The molecule has 3 aromatic carbocycles. The van der Waals surface area contributed by atoms with Gasteiger partial charge in [0.25, 0.3) is 5.91 Å². The number of esters is 1. The van der Waals surface area contributed by atoms with Crippen molar-refractivity contribution in [1.29, 1.82) is 0 Å². The molecule has 0 unspecified atom stereocenters. The van der Waals surface area contributed by atoms with Crippen LogP contribution in [0.15, 0.2) is 78.0 Å². The van der Waals surface area contributed by atoms with E-state index < -0.39 is 5.97 Å². The van der Waals surface area contributed by atoms with Gasteiger partial charge < -0.3 is 15.0 Å². The average Bonchev–Trinajstić information content (AvgIpc) is 3.21. The number of fused-ring (bicyclic) bond motifs is 1. The van der Waals surface area contributed by atoms with Crippen molar-refractivity contribution in [2.45, 2.75) is 10.9 Å². The Kier molecular flexibility index (Phi) is 5.81. The van der Waals surface area contributed by atoms with Crippen LogP contribution >= 0.6 is 11.8 Å². The number of thioether (sulfide) groups is 1. The van der Waals surface area contributed by atoms with Crippen LogP contribution in [0.3, 0.4) is 0 Å². The van der Waals surface area contributed by atoms with Gasteiger partial charge in [0.1, 0.15) is 0 Å². The van der Waals surface area contributed by atoms with Crippen molar-refractivity contribution in [2.24, 2.45) is 0 Å². The van der Waals surface area contributed by atoms with Crippen LogP contribution in [0.5, 0.6) is 0 Å². The molecule has 0 saturated heterocycles. The average molecular weight is 417 g/mol. The number of anilines is 1. The largest absolute Gasteiger partial charge is 0.465 e. The number of hydrogen-bond donors (Lipinski definition) is 2. The maximum absolute atomic E-state index is 12.8. The molecule has 0 radical (unpaired) electrons. The lowest BCUT2D eigenvalue weighted by molar-refractivity contribution is 0.0600. The van der Waals surface area contributed by atoms with Gasteiger partial charge in [-0.3, -0.25) is 4.79 Å². The Morgan fingerprint density at radius 2 is 1.73 bits per heavy atom. The minimum absolute atomic E-state index is 0.207. The third-order valence-corrected chi connectivity index (χ3v) is 5.48. The van der Waals surface area contributed by atoms with Gasteiger partial charge in [-0.05, 0) is 48.0 Å². The third-order valence-electron chi connectivity index (χ3n) is 4.56. The van der Waals surface area contributed by atoms with Crippen LogP contribution in [0.25, 0.3) is 11.0 Å². The van der Waals surface area contributed by atoms with Gasteiger partial charge >= 0.3 is 5.97 Å². The Morgan fingerprint density at radius 1 is 1.00 bits per heavy atom. The number of hydrogen-bond acceptors (Lipinski definition) is 5. The number of para-hydroxylation sites is 2. The molecular formula is C23H19N3O3S. The predicted molar refractivity (Wildman–Crippen MR) is 118 cm³/mol. The van der Waals surface area contributed by atoms with E-state index in [0.29, 0.717) is 22.6 Å². The van der Waals surface area contributed by atoms with E-state index in [4.69, 9.17) is 0 Å². The SMILES string of the molecule is COC(=O)c1ccc(NC(=O)c2ccccc2CSc2nc3ccccc3[nH]2)cc1. The Bertz CT molecular complexity index is 1170. The highest BCUT2D eigenvalue weighted by Crippen LogP contribution is 2.25. The van der Waals surface area contributed by atoms with Crippen LogP contribution in [0, 0.1) is 0 Å². The minimum Gasteiger partial charge on any atom is -0.465 e. The van der Waals surface area contributed by atoms with E-state index in [9.17, 15) is 9.59 Å². The van der Waals surface area contributed by atoms with Crippen LogP contribution in [-0.2, 0) is 10.5 Å². The number of imidazole rings is 1. The Hall–Kier alpha value is -3.58. The smallest absolute Gasteiger partial charge is 0.337 e. The second kappa shape index (κ2) is 8.84. The molecular weight excluding hydrogens is 398 g/mol. The number of carbonyl (C=O) groups is 2. The van der Waals surface area contributed by atoms with Crippen molar-refractivity contribution in [3.63, 3.8) is 0 Å². The first-order valence-electron chi connectivity index (χ1n) is 9.29. The molecule has 0 aliphatic rings. The number of rotatable bonds is 6. The molecule has 30 heavy (non-hydrogen) atoms. The monoisotopic (exact) mass is 417 g/mol. The molecule has 1 heterocycles. The van der Waals surface area contributed by atoms with E-state index in [2.05, 4.69) is 20.0 Å². The molecule has 150 valence electrons. The summed E-state index contributed by atoms with van der Waals surface area (Å²) in [7, 11) is 1.33. The molecule has 0 saturated carbocycles. The zero-order chi connectivity index (χ0) is 20.9. The van der Waals surface area contributed by atoms with Gasteiger partial charge in [-0.15, -0.1) is 0 Å². The number of amides is 1. The van der Waals surface area contributed by atoms with E-state index in [0.717, 1.165) is 21.8 Å². The first-order chi connectivity index (χ1) is 14.6. The summed E-state index contributed by atoms with van der Waals surface area (Å²) in [6.45, 7) is 0. The van der Waals surface area contributed by atoms with Gasteiger partial charge in [0, 0.05) is 17.0 Å². The highest BCUT2D eigenvalue weighted by atomic mass is 32.2. The zero-order valence-corrected chi connectivity index (χ0v) is 17.0. The van der Waals surface area contributed by atoms with Crippen LogP contribution in [0.2, 0.25) is 0 Å². The fourth-order valence-electron chi connectivity index (χ4n) is 3.02. The highest BCUT2D eigenvalue weighted by molar-refractivity contribution is 7.98. The first-order valence-corrected chi connectivity index (χ1v) is 10.3. The number of nitrogens with one attached hydrogen (secondary N) is 2. The summed E-state index contributed by atoms with van der Waals surface area (Å²) in [6.07, 6.45) is 0. The highest BCUT2D eigenvalue weighted by Gasteiger charge is 2.13. The van der Waals surface area contributed by atoms with Crippen LogP contribution in [0.1, 0.15) is 26.3 Å². The molecule has 2 N–H and O–H groups in total. The van der Waals surface area contributed by atoms with E-state index in [1.165, 1.54) is 7.11 Å². The molecule has 1 aromatic heterocycles. The van der Waals surface area contributed by atoms with Gasteiger partial charge in [0.15, 0.2) is 5.16 Å². The lowest BCUT2D eigenvalue weighted by atomic mass is 10.1. The Labute approximate surface area is 177 Å². The zero-order valence-electron chi connectivity index (χ0n) is 16.2. The van der Waals surface area contributed by atoms with E-state index in [1.807, 2.05) is 42.5 Å². The number of ether oxygens (including phenoxy) is 1. The quantitative estimate of drug-likeness (QED) is 0.345. The van der Waals surface area contributed by atoms with Crippen molar-refractivity contribution in [1.82, 2.24) is 9.97 Å². The van der Waals surface area contributed by atoms with Crippen molar-refractivity contribution in [3.8, 4) is 0 Å². The second-order valence-corrected chi connectivity index (χ2v) is 7.49. The standard InChI is InChI=1S/C23H19N3O3S/c1-29-22(28)15-10-12-17(13-11-15)24-21(27)18-7-3-2-6-16(18)14-30-23-25-19-8-4-5-9-20(19)26-23/h2-13H,14H2,1H3,(H,24,27)(H,25,26). The van der Waals surface area contributed by atoms with Crippen molar-refractivity contribution in [2.75, 3.05) is 12.4 Å². The Balaban J connectivity index is 1.46. The fourth-order valence-corrected chi connectivity index (χ4v) is 3.91. The molecule has 0 atom stereocenters. The minimum atomic E-state index is -0.416. The molecule has 1 amide bonds. The van der Waals surface area contributed by atoms with Gasteiger partial charge in [0.05, 0.1) is 23.7 Å². The number of aromatic nitrogens is 2. The van der Waals surface area contributed by atoms with E-state index in [1.54, 1.807) is 42.1 Å². The third kappa shape index (κ3) is 4.36.